The first-order valence-corrected chi connectivity index (χ1v) is 3.55. The highest BCUT2D eigenvalue weighted by atomic mass is 16.6. The first-order valence-electron chi connectivity index (χ1n) is 3.55. The van der Waals surface area contributed by atoms with E-state index in [1.54, 1.807) is 0 Å². The molecule has 0 N–H and O–H groups in total. The Kier molecular flexibility index (Phi) is 2.57. The van der Waals surface area contributed by atoms with Crippen LogP contribution in [0, 0.1) is 33.1 Å². The highest BCUT2D eigenvalue weighted by Crippen LogP contribution is 2.20. The van der Waals surface area contributed by atoms with Crippen LogP contribution in [-0.4, -0.2) is 21.9 Å². The maximum atomic E-state index is 10.2. The molecule has 12 heavy (non-hydrogen) atoms. The van der Waals surface area contributed by atoms with Crippen LogP contribution in [0.15, 0.2) is 0 Å². The molecule has 2 radical (unpaired) electrons. The highest BCUT2D eigenvalue weighted by molar-refractivity contribution is 4.95. The van der Waals surface area contributed by atoms with Crippen molar-refractivity contribution in [3.63, 3.8) is 0 Å². The highest BCUT2D eigenvalue weighted by Gasteiger charge is 2.34. The van der Waals surface area contributed by atoms with E-state index in [9.17, 15) is 20.2 Å². The largest absolute Gasteiger partial charge is 0.264 e. The number of nitrogens with zero attached hydrogens (tertiary/aromatic N) is 2. The molecule has 66 valence electrons. The average molecular weight is 172 g/mol. The van der Waals surface area contributed by atoms with E-state index in [1.807, 2.05) is 0 Å². The normalized spacial score (nSPS) is 29.7. The molecule has 0 bridgehead atoms. The molecule has 6 nitrogen and oxygen atoms in total. The van der Waals surface area contributed by atoms with Gasteiger partial charge in [-0.05, 0) is 0 Å². The summed E-state index contributed by atoms with van der Waals surface area (Å²) in [4.78, 5) is 19.6. The lowest BCUT2D eigenvalue weighted by Gasteiger charge is -2.16. The zero-order valence-electron chi connectivity index (χ0n) is 6.25. The van der Waals surface area contributed by atoms with E-state index < -0.39 is 21.9 Å². The third kappa shape index (κ3) is 1.90. The molecule has 6 heteroatoms. The second kappa shape index (κ2) is 3.46. The van der Waals surface area contributed by atoms with E-state index in [4.69, 9.17) is 0 Å². The van der Waals surface area contributed by atoms with E-state index >= 15 is 0 Å². The van der Waals surface area contributed by atoms with Gasteiger partial charge in [-0.15, -0.1) is 0 Å². The molecule has 2 unspecified atom stereocenters. The van der Waals surface area contributed by atoms with Crippen LogP contribution in [0.25, 0.3) is 0 Å². The van der Waals surface area contributed by atoms with Crippen LogP contribution in [0.5, 0.6) is 0 Å². The standard InChI is InChI=1S/C6H8N2O4/c9-7(10)5-1-2-6(4-3-5)8(11)12/h1,4-6H,2-3H2. The summed E-state index contributed by atoms with van der Waals surface area (Å²) in [6.45, 7) is 0. The summed E-state index contributed by atoms with van der Waals surface area (Å²) in [6.07, 6.45) is 3.12. The fourth-order valence-electron chi connectivity index (χ4n) is 1.13. The van der Waals surface area contributed by atoms with E-state index in [0.29, 0.717) is 0 Å². The molecule has 1 fully saturated rings. The molecule has 0 aliphatic heterocycles. The molecule has 1 rings (SSSR count). The van der Waals surface area contributed by atoms with Crippen LogP contribution >= 0.6 is 0 Å². The van der Waals surface area contributed by atoms with Gasteiger partial charge in [0.2, 0.25) is 12.1 Å². The van der Waals surface area contributed by atoms with E-state index in [-0.39, 0.29) is 12.8 Å². The molecule has 0 aromatic carbocycles. The molecular weight excluding hydrogens is 164 g/mol. The second-order valence-electron chi connectivity index (χ2n) is 2.65. The summed E-state index contributed by atoms with van der Waals surface area (Å²) in [7, 11) is 0. The smallest absolute Gasteiger partial charge is 0.217 e. The molecule has 0 spiro atoms. The fraction of sp³-hybridized carbons (Fsp3) is 0.667. The Morgan fingerprint density at radius 2 is 1.33 bits per heavy atom. The summed E-state index contributed by atoms with van der Waals surface area (Å²) in [6, 6.07) is -1.47. The van der Waals surface area contributed by atoms with Crippen molar-refractivity contribution in [1.82, 2.24) is 0 Å². The number of hydrogen-bond donors (Lipinski definition) is 0. The van der Waals surface area contributed by atoms with Crippen LogP contribution < -0.4 is 0 Å². The molecular formula is C6H8N2O4. The lowest BCUT2D eigenvalue weighted by Crippen LogP contribution is -2.33. The van der Waals surface area contributed by atoms with Crippen molar-refractivity contribution < 1.29 is 9.85 Å². The molecule has 0 heterocycles. The van der Waals surface area contributed by atoms with Crippen molar-refractivity contribution in [2.24, 2.45) is 0 Å². The molecule has 1 aliphatic carbocycles. The maximum absolute atomic E-state index is 10.2. The summed E-state index contributed by atoms with van der Waals surface area (Å²) in [5, 5.41) is 20.4. The molecule has 1 aliphatic rings. The van der Waals surface area contributed by atoms with Crippen molar-refractivity contribution in [3.8, 4) is 0 Å². The Morgan fingerprint density at radius 3 is 1.50 bits per heavy atom. The van der Waals surface area contributed by atoms with Gasteiger partial charge in [0.1, 0.15) is 0 Å². The Labute approximate surface area is 68.9 Å². The monoisotopic (exact) mass is 172 g/mol. The minimum absolute atomic E-state index is 0.165. The van der Waals surface area contributed by atoms with Crippen LogP contribution in [0.1, 0.15) is 12.8 Å². The lowest BCUT2D eigenvalue weighted by molar-refractivity contribution is -0.536. The van der Waals surface area contributed by atoms with Gasteiger partial charge in [-0.1, -0.05) is 0 Å². The van der Waals surface area contributed by atoms with Crippen molar-refractivity contribution in [2.75, 3.05) is 0 Å². The van der Waals surface area contributed by atoms with E-state index in [0.717, 1.165) is 0 Å². The van der Waals surface area contributed by atoms with Crippen LogP contribution in [-0.2, 0) is 0 Å². The minimum Gasteiger partial charge on any atom is -0.264 e. The van der Waals surface area contributed by atoms with Crippen molar-refractivity contribution in [2.45, 2.75) is 24.9 Å². The molecule has 0 saturated heterocycles. The Morgan fingerprint density at radius 1 is 1.00 bits per heavy atom. The number of rotatable bonds is 2. The molecule has 0 aromatic heterocycles. The van der Waals surface area contributed by atoms with Gasteiger partial charge in [0.05, 0.1) is 0 Å². The summed E-state index contributed by atoms with van der Waals surface area (Å²) in [5.74, 6) is 0. The van der Waals surface area contributed by atoms with Gasteiger partial charge in [0.15, 0.2) is 0 Å². The van der Waals surface area contributed by atoms with Gasteiger partial charge in [-0.3, -0.25) is 20.2 Å². The predicted molar refractivity (Wildman–Crippen MR) is 39.4 cm³/mol. The van der Waals surface area contributed by atoms with Gasteiger partial charge in [-0.25, -0.2) is 0 Å². The third-order valence-corrected chi connectivity index (χ3v) is 1.84. The molecule has 1 saturated carbocycles. The zero-order chi connectivity index (χ0) is 9.14. The quantitative estimate of drug-likeness (QED) is 0.447. The summed E-state index contributed by atoms with van der Waals surface area (Å²) >= 11 is 0. The SMILES string of the molecule is O=[N+]([O-])C1[CH]CC([N+](=O)[O-])[CH]C1. The fourth-order valence-corrected chi connectivity index (χ4v) is 1.13. The zero-order valence-corrected chi connectivity index (χ0v) is 6.25. The van der Waals surface area contributed by atoms with E-state index in [2.05, 4.69) is 0 Å². The first-order chi connectivity index (χ1) is 5.61. The summed E-state index contributed by atoms with van der Waals surface area (Å²) < 4.78 is 0. The number of nitro groups is 2. The van der Waals surface area contributed by atoms with Crippen molar-refractivity contribution >= 4 is 0 Å². The van der Waals surface area contributed by atoms with Crippen LogP contribution in [0.3, 0.4) is 0 Å². The van der Waals surface area contributed by atoms with Crippen LogP contribution in [0.4, 0.5) is 0 Å². The first kappa shape index (κ1) is 8.89. The Bertz CT molecular complexity index is 176. The molecule has 0 amide bonds. The topological polar surface area (TPSA) is 86.3 Å². The number of hydrogen-bond acceptors (Lipinski definition) is 4. The van der Waals surface area contributed by atoms with E-state index in [1.165, 1.54) is 12.8 Å². The molecule has 2 atom stereocenters. The Balaban J connectivity index is 2.39. The predicted octanol–water partition coefficient (Wildman–Crippen LogP) is 0.479. The van der Waals surface area contributed by atoms with Crippen molar-refractivity contribution in [3.05, 3.63) is 33.1 Å². The summed E-state index contributed by atoms with van der Waals surface area (Å²) in [5.41, 5.74) is 0. The molecule has 0 aromatic rings. The Hall–Kier alpha value is -1.20. The van der Waals surface area contributed by atoms with Gasteiger partial charge in [0.25, 0.3) is 0 Å². The van der Waals surface area contributed by atoms with Gasteiger partial charge in [-0.2, -0.15) is 0 Å². The minimum atomic E-state index is -0.735. The van der Waals surface area contributed by atoms with Gasteiger partial charge >= 0.3 is 0 Å². The van der Waals surface area contributed by atoms with Gasteiger partial charge in [0, 0.05) is 35.5 Å². The van der Waals surface area contributed by atoms with Crippen molar-refractivity contribution in [1.29, 1.82) is 0 Å². The third-order valence-electron chi connectivity index (χ3n) is 1.84. The lowest BCUT2D eigenvalue weighted by atomic mass is 9.92. The average Bonchev–Trinajstić information content (AvgIpc) is 2.04. The second-order valence-corrected chi connectivity index (χ2v) is 2.65. The van der Waals surface area contributed by atoms with Gasteiger partial charge < -0.3 is 0 Å². The van der Waals surface area contributed by atoms with Crippen LogP contribution in [0.2, 0.25) is 0 Å². The maximum Gasteiger partial charge on any atom is 0.217 e.